The lowest BCUT2D eigenvalue weighted by Crippen LogP contribution is -2.53. The van der Waals surface area contributed by atoms with E-state index in [2.05, 4.69) is 31.1 Å². The lowest BCUT2D eigenvalue weighted by atomic mass is 9.87. The van der Waals surface area contributed by atoms with E-state index >= 15 is 0 Å². The highest BCUT2D eigenvalue weighted by Gasteiger charge is 2.31. The maximum Gasteiger partial charge on any atom is 0.222 e. The van der Waals surface area contributed by atoms with Crippen molar-refractivity contribution < 1.29 is 4.79 Å². The third-order valence-electron chi connectivity index (χ3n) is 3.74. The van der Waals surface area contributed by atoms with Crippen LogP contribution < -0.4 is 5.32 Å². The fourth-order valence-electron chi connectivity index (χ4n) is 2.10. The summed E-state index contributed by atoms with van der Waals surface area (Å²) in [6.45, 7) is 9.43. The number of nitrogens with zero attached hydrogens (tertiary/aromatic N) is 1. The van der Waals surface area contributed by atoms with Gasteiger partial charge in [-0.1, -0.05) is 20.8 Å². The highest BCUT2D eigenvalue weighted by atomic mass is 16.1. The van der Waals surface area contributed by atoms with Gasteiger partial charge in [-0.2, -0.15) is 0 Å². The van der Waals surface area contributed by atoms with Gasteiger partial charge in [-0.15, -0.1) is 0 Å². The molecule has 1 amide bonds. The van der Waals surface area contributed by atoms with Gasteiger partial charge in [0, 0.05) is 24.5 Å². The Balaban J connectivity index is 2.53. The lowest BCUT2D eigenvalue weighted by molar-refractivity contribution is -0.125. The molecule has 1 heterocycles. The van der Waals surface area contributed by atoms with Crippen LogP contribution in [0, 0.1) is 11.8 Å². The van der Waals surface area contributed by atoms with Crippen LogP contribution in [-0.4, -0.2) is 36.5 Å². The number of hydrogen-bond donors (Lipinski definition) is 1. The van der Waals surface area contributed by atoms with Gasteiger partial charge in [0.1, 0.15) is 0 Å². The van der Waals surface area contributed by atoms with E-state index in [0.29, 0.717) is 18.0 Å². The minimum absolute atomic E-state index is 0.0900. The molecular weight excluding hydrogens is 188 g/mol. The summed E-state index contributed by atoms with van der Waals surface area (Å²) < 4.78 is 0. The molecule has 1 aliphatic heterocycles. The zero-order valence-corrected chi connectivity index (χ0v) is 10.6. The molecule has 0 spiro atoms. The topological polar surface area (TPSA) is 32.3 Å². The number of carbonyl (C=O) groups excluding carboxylic acids is 1. The van der Waals surface area contributed by atoms with Crippen molar-refractivity contribution in [3.8, 4) is 0 Å². The number of carbonyl (C=O) groups is 1. The van der Waals surface area contributed by atoms with Crippen LogP contribution >= 0.6 is 0 Å². The predicted octanol–water partition coefficient (Wildman–Crippen LogP) is 1.49. The van der Waals surface area contributed by atoms with Crippen molar-refractivity contribution in [3.63, 3.8) is 0 Å². The average molecular weight is 212 g/mol. The van der Waals surface area contributed by atoms with E-state index in [1.807, 2.05) is 13.8 Å². The molecule has 1 N–H and O–H groups in total. The van der Waals surface area contributed by atoms with Crippen molar-refractivity contribution in [2.24, 2.45) is 11.8 Å². The van der Waals surface area contributed by atoms with Crippen molar-refractivity contribution >= 4 is 5.91 Å². The second-order valence-electron chi connectivity index (χ2n) is 5.14. The normalized spacial score (nSPS) is 33.1. The van der Waals surface area contributed by atoms with E-state index in [9.17, 15) is 4.79 Å². The smallest absolute Gasteiger partial charge is 0.222 e. The van der Waals surface area contributed by atoms with Crippen molar-refractivity contribution in [3.05, 3.63) is 0 Å². The number of likely N-dealkylation sites (tertiary alicyclic amines) is 1. The summed E-state index contributed by atoms with van der Waals surface area (Å²) in [6, 6.07) is 0.905. The van der Waals surface area contributed by atoms with Gasteiger partial charge in [-0.05, 0) is 26.3 Å². The summed E-state index contributed by atoms with van der Waals surface area (Å²) in [5.41, 5.74) is 0. The Kier molecular flexibility index (Phi) is 4.14. The molecule has 0 bridgehead atoms. The van der Waals surface area contributed by atoms with Gasteiger partial charge in [0.05, 0.1) is 0 Å². The fourth-order valence-corrected chi connectivity index (χ4v) is 2.10. The minimum atomic E-state index is 0.0900. The van der Waals surface area contributed by atoms with Crippen LogP contribution in [0.25, 0.3) is 0 Å². The first-order valence-corrected chi connectivity index (χ1v) is 5.94. The summed E-state index contributed by atoms with van der Waals surface area (Å²) in [5, 5.41) is 3.15. The van der Waals surface area contributed by atoms with Crippen LogP contribution in [-0.2, 0) is 4.79 Å². The first-order chi connectivity index (χ1) is 6.93. The molecule has 1 saturated heterocycles. The van der Waals surface area contributed by atoms with Gasteiger partial charge in [-0.3, -0.25) is 4.79 Å². The summed E-state index contributed by atoms with van der Waals surface area (Å²) in [6.07, 6.45) is 1.07. The van der Waals surface area contributed by atoms with E-state index in [-0.39, 0.29) is 11.8 Å². The fraction of sp³-hybridized carbons (Fsp3) is 0.917. The number of piperidine rings is 1. The van der Waals surface area contributed by atoms with Crippen LogP contribution in [0.3, 0.4) is 0 Å². The second kappa shape index (κ2) is 4.97. The van der Waals surface area contributed by atoms with Gasteiger partial charge < -0.3 is 10.2 Å². The monoisotopic (exact) mass is 212 g/mol. The molecule has 0 saturated carbocycles. The Labute approximate surface area is 93.2 Å². The summed E-state index contributed by atoms with van der Waals surface area (Å²) >= 11 is 0. The molecule has 1 aliphatic rings. The standard InChI is InChI=1S/C12H24N2O/c1-8(2)12(15)13-11-6-7-14(5)10(4)9(11)3/h8-11H,6-7H2,1-5H3,(H,13,15). The molecule has 88 valence electrons. The average Bonchev–Trinajstić information content (AvgIpc) is 2.18. The van der Waals surface area contributed by atoms with Crippen LogP contribution in [0.5, 0.6) is 0 Å². The van der Waals surface area contributed by atoms with Crippen LogP contribution in [0.1, 0.15) is 34.1 Å². The van der Waals surface area contributed by atoms with Gasteiger partial charge in [0.25, 0.3) is 0 Å². The predicted molar refractivity (Wildman–Crippen MR) is 62.6 cm³/mol. The van der Waals surface area contributed by atoms with Crippen molar-refractivity contribution in [1.82, 2.24) is 10.2 Å². The SMILES string of the molecule is CC(C)C(=O)NC1CCN(C)C(C)C1C. The molecule has 1 rings (SSSR count). The molecular formula is C12H24N2O. The molecule has 0 radical (unpaired) electrons. The van der Waals surface area contributed by atoms with E-state index in [1.165, 1.54) is 0 Å². The third-order valence-corrected chi connectivity index (χ3v) is 3.74. The van der Waals surface area contributed by atoms with Gasteiger partial charge >= 0.3 is 0 Å². The van der Waals surface area contributed by atoms with Crippen LogP contribution in [0.15, 0.2) is 0 Å². The first kappa shape index (κ1) is 12.5. The summed E-state index contributed by atoms with van der Waals surface area (Å²) in [5.74, 6) is 0.808. The Hall–Kier alpha value is -0.570. The Morgan fingerprint density at radius 3 is 2.53 bits per heavy atom. The van der Waals surface area contributed by atoms with Crippen LogP contribution in [0.2, 0.25) is 0 Å². The number of hydrogen-bond acceptors (Lipinski definition) is 2. The number of rotatable bonds is 2. The Morgan fingerprint density at radius 2 is 2.00 bits per heavy atom. The quantitative estimate of drug-likeness (QED) is 0.752. The van der Waals surface area contributed by atoms with E-state index in [1.54, 1.807) is 0 Å². The highest BCUT2D eigenvalue weighted by molar-refractivity contribution is 5.78. The second-order valence-corrected chi connectivity index (χ2v) is 5.14. The molecule has 0 aromatic heterocycles. The van der Waals surface area contributed by atoms with E-state index in [4.69, 9.17) is 0 Å². The largest absolute Gasteiger partial charge is 0.353 e. The zero-order valence-electron chi connectivity index (χ0n) is 10.6. The van der Waals surface area contributed by atoms with Gasteiger partial charge in [-0.25, -0.2) is 0 Å². The lowest BCUT2D eigenvalue weighted by Gasteiger charge is -2.41. The van der Waals surface area contributed by atoms with Crippen LogP contribution in [0.4, 0.5) is 0 Å². The molecule has 0 aliphatic carbocycles. The van der Waals surface area contributed by atoms with E-state index in [0.717, 1.165) is 13.0 Å². The Morgan fingerprint density at radius 1 is 1.40 bits per heavy atom. The zero-order chi connectivity index (χ0) is 11.6. The third kappa shape index (κ3) is 2.94. The molecule has 15 heavy (non-hydrogen) atoms. The van der Waals surface area contributed by atoms with E-state index < -0.39 is 0 Å². The summed E-state index contributed by atoms with van der Waals surface area (Å²) in [4.78, 5) is 14.0. The molecule has 1 fully saturated rings. The van der Waals surface area contributed by atoms with Gasteiger partial charge in [0.2, 0.25) is 5.91 Å². The number of amides is 1. The molecule has 0 aromatic carbocycles. The van der Waals surface area contributed by atoms with Gasteiger partial charge in [0.15, 0.2) is 0 Å². The molecule has 3 heteroatoms. The Bertz CT molecular complexity index is 228. The first-order valence-electron chi connectivity index (χ1n) is 5.94. The highest BCUT2D eigenvalue weighted by Crippen LogP contribution is 2.22. The molecule has 3 nitrogen and oxygen atoms in total. The molecule has 3 unspecified atom stereocenters. The maximum atomic E-state index is 11.6. The molecule has 3 atom stereocenters. The summed E-state index contributed by atoms with van der Waals surface area (Å²) in [7, 11) is 2.15. The van der Waals surface area contributed by atoms with Crippen molar-refractivity contribution in [2.45, 2.75) is 46.2 Å². The maximum absolute atomic E-state index is 11.6. The minimum Gasteiger partial charge on any atom is -0.353 e. The van der Waals surface area contributed by atoms with Crippen molar-refractivity contribution in [2.75, 3.05) is 13.6 Å². The van der Waals surface area contributed by atoms with Crippen molar-refractivity contribution in [1.29, 1.82) is 0 Å². The number of nitrogens with one attached hydrogen (secondary N) is 1. The molecule has 0 aromatic rings.